The van der Waals surface area contributed by atoms with Gasteiger partial charge in [0.25, 0.3) is 0 Å². The molecule has 0 unspecified atom stereocenters. The highest BCUT2D eigenvalue weighted by Gasteiger charge is 2.16. The van der Waals surface area contributed by atoms with Crippen molar-refractivity contribution in [3.05, 3.63) is 53.6 Å². The number of aryl methyl sites for hydroxylation is 1. The molecule has 0 bridgehead atoms. The first-order valence-corrected chi connectivity index (χ1v) is 9.28. The van der Waals surface area contributed by atoms with E-state index in [9.17, 15) is 0 Å². The van der Waals surface area contributed by atoms with Crippen LogP contribution in [0.15, 0.2) is 42.5 Å². The summed E-state index contributed by atoms with van der Waals surface area (Å²) in [4.78, 5) is 0. The Bertz CT molecular complexity index is 674. The number of nitrogens with one attached hydrogen (secondary N) is 2. The van der Waals surface area contributed by atoms with Crippen molar-refractivity contribution in [2.24, 2.45) is 0 Å². The zero-order valence-electron chi connectivity index (χ0n) is 16.3. The third-order valence-corrected chi connectivity index (χ3v) is 4.30. The second kappa shape index (κ2) is 8.80. The Kier molecular flexibility index (Phi) is 6.74. The molecule has 2 aromatic rings. The van der Waals surface area contributed by atoms with Gasteiger partial charge in [-0.3, -0.25) is 0 Å². The van der Waals surface area contributed by atoms with Gasteiger partial charge in [-0.15, -0.1) is 0 Å². The van der Waals surface area contributed by atoms with Crippen molar-refractivity contribution in [3.8, 4) is 5.75 Å². The summed E-state index contributed by atoms with van der Waals surface area (Å²) in [6.07, 6.45) is 1.04. The largest absolute Gasteiger partial charge is 0.492 e. The lowest BCUT2D eigenvalue weighted by molar-refractivity contribution is 0.341. The van der Waals surface area contributed by atoms with E-state index in [1.54, 1.807) is 0 Å². The number of ether oxygens (including phenoxy) is 1. The number of hydrogen-bond acceptors (Lipinski definition) is 3. The van der Waals surface area contributed by atoms with Gasteiger partial charge in [-0.1, -0.05) is 52.0 Å². The quantitative estimate of drug-likeness (QED) is 0.625. The molecule has 0 fully saturated rings. The van der Waals surface area contributed by atoms with Crippen LogP contribution in [0.4, 0.5) is 11.4 Å². The summed E-state index contributed by atoms with van der Waals surface area (Å²) in [6, 6.07) is 14.9. The van der Waals surface area contributed by atoms with Gasteiger partial charge >= 0.3 is 0 Å². The zero-order chi connectivity index (χ0) is 18.3. The minimum Gasteiger partial charge on any atom is -0.492 e. The fraction of sp³-hybridized carbons (Fsp3) is 0.455. The average Bonchev–Trinajstić information content (AvgIpc) is 2.59. The maximum Gasteiger partial charge on any atom is 0.142 e. The lowest BCUT2D eigenvalue weighted by Gasteiger charge is -2.22. The van der Waals surface area contributed by atoms with Crippen LogP contribution in [-0.4, -0.2) is 19.7 Å². The lowest BCUT2D eigenvalue weighted by Crippen LogP contribution is -2.16. The Morgan fingerprint density at radius 3 is 2.20 bits per heavy atom. The summed E-state index contributed by atoms with van der Waals surface area (Å²) < 4.78 is 5.77. The molecule has 0 heterocycles. The molecule has 136 valence electrons. The summed E-state index contributed by atoms with van der Waals surface area (Å²) >= 11 is 0. The minimum atomic E-state index is 0.124. The molecule has 0 saturated heterocycles. The fourth-order valence-corrected chi connectivity index (χ4v) is 2.81. The normalized spacial score (nSPS) is 11.2. The van der Waals surface area contributed by atoms with E-state index < -0.39 is 0 Å². The molecule has 0 amide bonds. The van der Waals surface area contributed by atoms with Crippen LogP contribution in [0.25, 0.3) is 0 Å². The van der Waals surface area contributed by atoms with E-state index >= 15 is 0 Å². The molecular formula is C22H32N2O. The van der Waals surface area contributed by atoms with Gasteiger partial charge in [0.05, 0.1) is 12.3 Å². The van der Waals surface area contributed by atoms with E-state index in [1.807, 2.05) is 6.92 Å². The van der Waals surface area contributed by atoms with E-state index in [4.69, 9.17) is 4.74 Å². The molecule has 25 heavy (non-hydrogen) atoms. The van der Waals surface area contributed by atoms with Crippen LogP contribution in [0.5, 0.6) is 5.75 Å². The van der Waals surface area contributed by atoms with Gasteiger partial charge in [-0.25, -0.2) is 0 Å². The summed E-state index contributed by atoms with van der Waals surface area (Å²) in [5.74, 6) is 0.921. The maximum atomic E-state index is 5.77. The molecule has 2 N–H and O–H groups in total. The first-order valence-electron chi connectivity index (χ1n) is 9.28. The van der Waals surface area contributed by atoms with Crippen LogP contribution >= 0.6 is 0 Å². The van der Waals surface area contributed by atoms with E-state index in [-0.39, 0.29) is 5.41 Å². The van der Waals surface area contributed by atoms with Crippen molar-refractivity contribution >= 4 is 11.4 Å². The van der Waals surface area contributed by atoms with Gasteiger partial charge in [0.15, 0.2) is 0 Å². The molecule has 0 saturated carbocycles. The van der Waals surface area contributed by atoms with E-state index in [0.717, 1.165) is 30.9 Å². The number of hydrogen-bond donors (Lipinski definition) is 2. The Labute approximate surface area is 152 Å². The highest BCUT2D eigenvalue weighted by atomic mass is 16.5. The minimum absolute atomic E-state index is 0.124. The molecule has 0 atom stereocenters. The Morgan fingerprint density at radius 2 is 1.56 bits per heavy atom. The highest BCUT2D eigenvalue weighted by Crippen LogP contribution is 2.31. The SMILES string of the molecule is CCOc1ccc(C(C)(C)C)cc1NCCNc1ccccc1CC. The fourth-order valence-electron chi connectivity index (χ4n) is 2.81. The molecular weight excluding hydrogens is 308 g/mol. The van der Waals surface area contributed by atoms with E-state index in [0.29, 0.717) is 6.61 Å². The predicted molar refractivity (Wildman–Crippen MR) is 109 cm³/mol. The van der Waals surface area contributed by atoms with E-state index in [2.05, 4.69) is 80.8 Å². The van der Waals surface area contributed by atoms with Crippen molar-refractivity contribution in [1.29, 1.82) is 0 Å². The van der Waals surface area contributed by atoms with Crippen LogP contribution in [0.1, 0.15) is 45.7 Å². The monoisotopic (exact) mass is 340 g/mol. The van der Waals surface area contributed by atoms with Crippen molar-refractivity contribution in [3.63, 3.8) is 0 Å². The molecule has 0 radical (unpaired) electrons. The first-order chi connectivity index (χ1) is 12.0. The van der Waals surface area contributed by atoms with Crippen molar-refractivity contribution in [1.82, 2.24) is 0 Å². The van der Waals surface area contributed by atoms with Crippen molar-refractivity contribution in [2.45, 2.75) is 46.5 Å². The Morgan fingerprint density at radius 1 is 0.880 bits per heavy atom. The third kappa shape index (κ3) is 5.42. The van der Waals surface area contributed by atoms with Crippen LogP contribution in [0, 0.1) is 0 Å². The Balaban J connectivity index is 2.01. The molecule has 0 aliphatic heterocycles. The molecule has 0 aliphatic rings. The molecule has 3 nitrogen and oxygen atoms in total. The first kappa shape index (κ1) is 19.2. The summed E-state index contributed by atoms with van der Waals surface area (Å²) in [5, 5.41) is 7.06. The number of anilines is 2. The van der Waals surface area contributed by atoms with Gasteiger partial charge in [0.1, 0.15) is 5.75 Å². The van der Waals surface area contributed by atoms with Gasteiger partial charge in [-0.05, 0) is 48.1 Å². The van der Waals surface area contributed by atoms with Crippen LogP contribution in [-0.2, 0) is 11.8 Å². The topological polar surface area (TPSA) is 33.3 Å². The van der Waals surface area contributed by atoms with Gasteiger partial charge in [0, 0.05) is 18.8 Å². The van der Waals surface area contributed by atoms with Gasteiger partial charge in [0.2, 0.25) is 0 Å². The van der Waals surface area contributed by atoms with E-state index in [1.165, 1.54) is 16.8 Å². The molecule has 0 aromatic heterocycles. The smallest absolute Gasteiger partial charge is 0.142 e. The number of rotatable bonds is 8. The highest BCUT2D eigenvalue weighted by molar-refractivity contribution is 5.59. The number of benzene rings is 2. The summed E-state index contributed by atoms with van der Waals surface area (Å²) in [5.41, 5.74) is 5.08. The van der Waals surface area contributed by atoms with Gasteiger partial charge < -0.3 is 15.4 Å². The summed E-state index contributed by atoms with van der Waals surface area (Å²) in [7, 11) is 0. The third-order valence-electron chi connectivity index (χ3n) is 4.30. The van der Waals surface area contributed by atoms with Crippen molar-refractivity contribution in [2.75, 3.05) is 30.3 Å². The average molecular weight is 341 g/mol. The second-order valence-electron chi connectivity index (χ2n) is 7.26. The maximum absolute atomic E-state index is 5.77. The predicted octanol–water partition coefficient (Wildman–Crippen LogP) is 5.47. The molecule has 3 heteroatoms. The number of para-hydroxylation sites is 1. The lowest BCUT2D eigenvalue weighted by atomic mass is 9.87. The molecule has 0 spiro atoms. The second-order valence-corrected chi connectivity index (χ2v) is 7.26. The zero-order valence-corrected chi connectivity index (χ0v) is 16.3. The van der Waals surface area contributed by atoms with Crippen LogP contribution in [0.2, 0.25) is 0 Å². The van der Waals surface area contributed by atoms with Crippen LogP contribution in [0.3, 0.4) is 0 Å². The Hall–Kier alpha value is -2.16. The standard InChI is InChI=1S/C22H32N2O/c1-6-17-10-8-9-11-19(17)23-14-15-24-20-16-18(22(3,4)5)12-13-21(20)25-7-2/h8-13,16,23-24H,6-7,14-15H2,1-5H3. The molecule has 2 rings (SSSR count). The van der Waals surface area contributed by atoms with Gasteiger partial charge in [-0.2, -0.15) is 0 Å². The summed E-state index contributed by atoms with van der Waals surface area (Å²) in [6.45, 7) is 13.3. The molecule has 0 aliphatic carbocycles. The molecule has 2 aromatic carbocycles. The van der Waals surface area contributed by atoms with Crippen molar-refractivity contribution < 1.29 is 4.74 Å². The van der Waals surface area contributed by atoms with Crippen LogP contribution < -0.4 is 15.4 Å².